The summed E-state index contributed by atoms with van der Waals surface area (Å²) in [5.74, 6) is 0.741. The first-order valence-corrected chi connectivity index (χ1v) is 8.65. The fourth-order valence-corrected chi connectivity index (χ4v) is 4.25. The van der Waals surface area contributed by atoms with Crippen molar-refractivity contribution < 1.29 is 17.9 Å². The van der Waals surface area contributed by atoms with Crippen molar-refractivity contribution in [1.82, 2.24) is 9.21 Å². The van der Waals surface area contributed by atoms with E-state index in [9.17, 15) is 13.2 Å². The van der Waals surface area contributed by atoms with Crippen LogP contribution in [0.4, 0.5) is 0 Å². The zero-order chi connectivity index (χ0) is 16.3. The standard InChI is InChI=1S/C15H22N2O4S/c1-12-10-14(21-3)4-5-15(12)22(19,20)17-8-6-16(7-9-17)11-13(2)18/h4-5,10H,6-9,11H2,1-3H3. The molecule has 0 bridgehead atoms. The molecule has 1 fully saturated rings. The van der Waals surface area contributed by atoms with Crippen molar-refractivity contribution in [3.8, 4) is 5.75 Å². The summed E-state index contributed by atoms with van der Waals surface area (Å²) in [6.07, 6.45) is 0. The zero-order valence-electron chi connectivity index (χ0n) is 13.2. The second-order valence-corrected chi connectivity index (χ2v) is 7.42. The van der Waals surface area contributed by atoms with E-state index in [4.69, 9.17) is 4.74 Å². The Bertz CT molecular complexity index is 650. The number of nitrogens with zero attached hydrogens (tertiary/aromatic N) is 2. The maximum absolute atomic E-state index is 12.7. The molecule has 0 spiro atoms. The summed E-state index contributed by atoms with van der Waals surface area (Å²) >= 11 is 0. The summed E-state index contributed by atoms with van der Waals surface area (Å²) in [5, 5.41) is 0. The van der Waals surface area contributed by atoms with E-state index in [1.807, 2.05) is 4.90 Å². The van der Waals surface area contributed by atoms with Crippen molar-refractivity contribution >= 4 is 15.8 Å². The molecule has 0 amide bonds. The average Bonchev–Trinajstić information content (AvgIpc) is 2.46. The van der Waals surface area contributed by atoms with Gasteiger partial charge in [0.2, 0.25) is 10.0 Å². The van der Waals surface area contributed by atoms with Gasteiger partial charge in [-0.25, -0.2) is 8.42 Å². The van der Waals surface area contributed by atoms with Crippen LogP contribution in [0.3, 0.4) is 0 Å². The Balaban J connectivity index is 2.13. The lowest BCUT2D eigenvalue weighted by molar-refractivity contribution is -0.118. The van der Waals surface area contributed by atoms with Gasteiger partial charge in [-0.15, -0.1) is 0 Å². The molecule has 2 rings (SSSR count). The third-order valence-corrected chi connectivity index (χ3v) is 5.84. The number of hydrogen-bond donors (Lipinski definition) is 0. The number of rotatable bonds is 5. The van der Waals surface area contributed by atoms with E-state index >= 15 is 0 Å². The number of carbonyl (C=O) groups is 1. The van der Waals surface area contributed by atoms with Gasteiger partial charge < -0.3 is 4.74 Å². The molecule has 122 valence electrons. The van der Waals surface area contributed by atoms with E-state index < -0.39 is 10.0 Å². The maximum Gasteiger partial charge on any atom is 0.243 e. The molecule has 0 saturated carbocycles. The van der Waals surface area contributed by atoms with Crippen LogP contribution in [0.2, 0.25) is 0 Å². The first-order chi connectivity index (χ1) is 10.3. The predicted octanol–water partition coefficient (Wildman–Crippen LogP) is 0.899. The average molecular weight is 326 g/mol. The van der Waals surface area contributed by atoms with Crippen LogP contribution in [0, 0.1) is 6.92 Å². The Labute approximate surface area is 131 Å². The predicted molar refractivity (Wildman–Crippen MR) is 83.6 cm³/mol. The van der Waals surface area contributed by atoms with Crippen LogP contribution in [-0.2, 0) is 14.8 Å². The van der Waals surface area contributed by atoms with E-state index in [0.29, 0.717) is 48.9 Å². The van der Waals surface area contributed by atoms with E-state index in [1.165, 1.54) is 4.31 Å². The zero-order valence-corrected chi connectivity index (χ0v) is 14.0. The van der Waals surface area contributed by atoms with Crippen LogP contribution in [-0.4, -0.2) is 63.2 Å². The molecule has 0 unspecified atom stereocenters. The molecular formula is C15H22N2O4S. The minimum atomic E-state index is -3.50. The highest BCUT2D eigenvalue weighted by atomic mass is 32.2. The van der Waals surface area contributed by atoms with E-state index in [2.05, 4.69) is 0 Å². The number of hydrogen-bond acceptors (Lipinski definition) is 5. The molecular weight excluding hydrogens is 304 g/mol. The van der Waals surface area contributed by atoms with Crippen molar-refractivity contribution in [2.45, 2.75) is 18.7 Å². The van der Waals surface area contributed by atoms with Gasteiger partial charge in [-0.2, -0.15) is 4.31 Å². The van der Waals surface area contributed by atoms with Crippen molar-refractivity contribution in [1.29, 1.82) is 0 Å². The molecule has 1 aromatic carbocycles. The van der Waals surface area contributed by atoms with Crippen molar-refractivity contribution in [2.75, 3.05) is 39.8 Å². The molecule has 1 heterocycles. The van der Waals surface area contributed by atoms with Gasteiger partial charge in [0.15, 0.2) is 0 Å². The third-order valence-electron chi connectivity index (χ3n) is 3.78. The maximum atomic E-state index is 12.7. The lowest BCUT2D eigenvalue weighted by atomic mass is 10.2. The molecule has 1 aromatic rings. The molecule has 0 radical (unpaired) electrons. The van der Waals surface area contributed by atoms with Gasteiger partial charge in [-0.3, -0.25) is 9.69 Å². The van der Waals surface area contributed by atoms with Gasteiger partial charge in [0.1, 0.15) is 11.5 Å². The SMILES string of the molecule is COc1ccc(S(=O)(=O)N2CCN(CC(C)=O)CC2)c(C)c1. The second-order valence-electron chi connectivity index (χ2n) is 5.51. The normalized spacial score (nSPS) is 17.4. The molecule has 1 aliphatic heterocycles. The Morgan fingerprint density at radius 3 is 2.36 bits per heavy atom. The van der Waals surface area contributed by atoms with E-state index in [1.54, 1.807) is 39.2 Å². The third kappa shape index (κ3) is 3.66. The minimum absolute atomic E-state index is 0.0994. The second kappa shape index (κ2) is 6.76. The van der Waals surface area contributed by atoms with Gasteiger partial charge in [0, 0.05) is 26.2 Å². The molecule has 7 heteroatoms. The smallest absolute Gasteiger partial charge is 0.243 e. The summed E-state index contributed by atoms with van der Waals surface area (Å²) in [5.41, 5.74) is 0.672. The highest BCUT2D eigenvalue weighted by molar-refractivity contribution is 7.89. The van der Waals surface area contributed by atoms with Gasteiger partial charge in [-0.05, 0) is 37.6 Å². The minimum Gasteiger partial charge on any atom is -0.497 e. The fraction of sp³-hybridized carbons (Fsp3) is 0.533. The Kier molecular flexibility index (Phi) is 5.20. The quantitative estimate of drug-likeness (QED) is 0.804. The number of piperazine rings is 1. The van der Waals surface area contributed by atoms with E-state index in [0.717, 1.165) is 0 Å². The van der Waals surface area contributed by atoms with Crippen LogP contribution in [0.1, 0.15) is 12.5 Å². The van der Waals surface area contributed by atoms with Gasteiger partial charge in [-0.1, -0.05) is 0 Å². The monoisotopic (exact) mass is 326 g/mol. The summed E-state index contributed by atoms with van der Waals surface area (Å²) in [7, 11) is -1.95. The molecule has 0 N–H and O–H groups in total. The largest absolute Gasteiger partial charge is 0.497 e. The lowest BCUT2D eigenvalue weighted by Crippen LogP contribution is -2.49. The molecule has 0 aromatic heterocycles. The van der Waals surface area contributed by atoms with Crippen LogP contribution in [0.5, 0.6) is 5.75 Å². The lowest BCUT2D eigenvalue weighted by Gasteiger charge is -2.33. The number of ketones is 1. The number of aryl methyl sites for hydroxylation is 1. The molecule has 1 aliphatic rings. The van der Waals surface area contributed by atoms with E-state index in [-0.39, 0.29) is 5.78 Å². The summed E-state index contributed by atoms with van der Waals surface area (Å²) < 4.78 is 32.1. The van der Waals surface area contributed by atoms with Gasteiger partial charge in [0.05, 0.1) is 18.6 Å². The van der Waals surface area contributed by atoms with Crippen molar-refractivity contribution in [3.05, 3.63) is 23.8 Å². The number of sulfonamides is 1. The van der Waals surface area contributed by atoms with Crippen molar-refractivity contribution in [2.24, 2.45) is 0 Å². The molecule has 0 aliphatic carbocycles. The molecule has 22 heavy (non-hydrogen) atoms. The van der Waals surface area contributed by atoms with Crippen LogP contribution in [0.25, 0.3) is 0 Å². The fourth-order valence-electron chi connectivity index (χ4n) is 2.62. The number of ether oxygens (including phenoxy) is 1. The summed E-state index contributed by atoms with van der Waals surface area (Å²) in [6, 6.07) is 4.97. The molecule has 0 atom stereocenters. The topological polar surface area (TPSA) is 66.9 Å². The molecule has 6 nitrogen and oxygen atoms in total. The summed E-state index contributed by atoms with van der Waals surface area (Å²) in [6.45, 7) is 5.66. The highest BCUT2D eigenvalue weighted by Gasteiger charge is 2.29. The number of benzene rings is 1. The van der Waals surface area contributed by atoms with Crippen LogP contribution >= 0.6 is 0 Å². The Hall–Kier alpha value is -1.44. The Morgan fingerprint density at radius 2 is 1.86 bits per heavy atom. The summed E-state index contributed by atoms with van der Waals surface area (Å²) in [4.78, 5) is 13.4. The Morgan fingerprint density at radius 1 is 1.23 bits per heavy atom. The highest BCUT2D eigenvalue weighted by Crippen LogP contribution is 2.24. The molecule has 1 saturated heterocycles. The number of methoxy groups -OCH3 is 1. The number of carbonyl (C=O) groups excluding carboxylic acids is 1. The first kappa shape index (κ1) is 16.9. The van der Waals surface area contributed by atoms with Gasteiger partial charge >= 0.3 is 0 Å². The van der Waals surface area contributed by atoms with Crippen molar-refractivity contribution in [3.63, 3.8) is 0 Å². The number of Topliss-reactive ketones (excluding diaryl/α,β-unsaturated/α-hetero) is 1. The van der Waals surface area contributed by atoms with Gasteiger partial charge in [0.25, 0.3) is 0 Å². The first-order valence-electron chi connectivity index (χ1n) is 7.21. The van der Waals surface area contributed by atoms with Crippen LogP contribution in [0.15, 0.2) is 23.1 Å². The van der Waals surface area contributed by atoms with Crippen LogP contribution < -0.4 is 4.74 Å².